The monoisotopic (exact) mass is 823 g/mol. The van der Waals surface area contributed by atoms with Gasteiger partial charge in [0.1, 0.15) is 11.5 Å². The van der Waals surface area contributed by atoms with Gasteiger partial charge in [-0.3, -0.25) is 0 Å². The van der Waals surface area contributed by atoms with Gasteiger partial charge >= 0.3 is 0 Å². The Bertz CT molecular complexity index is 3500. The molecule has 8 aromatic carbocycles. The second kappa shape index (κ2) is 14.0. The Hall–Kier alpha value is -8.13. The molecule has 1 aliphatic heterocycles. The van der Waals surface area contributed by atoms with Crippen molar-refractivity contribution in [2.45, 2.75) is 5.41 Å². The third-order valence-electron chi connectivity index (χ3n) is 12.4. The molecule has 0 bridgehead atoms. The van der Waals surface area contributed by atoms with E-state index in [0.29, 0.717) is 23.3 Å². The average Bonchev–Trinajstić information content (AvgIpc) is 3.88. The molecule has 2 aliphatic rings. The molecule has 1 spiro atoms. The third-order valence-corrected chi connectivity index (χ3v) is 13.6. The van der Waals surface area contributed by atoms with E-state index in [1.807, 2.05) is 78.9 Å². The summed E-state index contributed by atoms with van der Waals surface area (Å²) in [5, 5.41) is 1.12. The van der Waals surface area contributed by atoms with E-state index in [2.05, 4.69) is 121 Å². The number of nitrogens with zero attached hydrogens (tertiary/aromatic N) is 5. The number of fused-ring (bicyclic) bond motifs is 12. The molecule has 294 valence electrons. The molecule has 6 nitrogen and oxygen atoms in total. The summed E-state index contributed by atoms with van der Waals surface area (Å²) in [5.41, 5.74) is 12.5. The van der Waals surface area contributed by atoms with Crippen molar-refractivity contribution in [1.82, 2.24) is 24.9 Å². The number of hydrogen-bond donors (Lipinski definition) is 0. The molecule has 11 aromatic rings. The summed E-state index contributed by atoms with van der Waals surface area (Å²) in [6.07, 6.45) is 0. The maximum atomic E-state index is 6.81. The van der Waals surface area contributed by atoms with E-state index in [1.165, 1.54) is 4.70 Å². The highest BCUT2D eigenvalue weighted by Gasteiger charge is 2.52. The van der Waals surface area contributed by atoms with Crippen LogP contribution in [0.4, 0.5) is 0 Å². The molecular formula is C56H33N5OS. The summed E-state index contributed by atoms with van der Waals surface area (Å²) in [7, 11) is 0. The molecule has 0 radical (unpaired) electrons. The molecule has 13 rings (SSSR count). The first-order valence-corrected chi connectivity index (χ1v) is 21.8. The molecule has 0 saturated heterocycles. The van der Waals surface area contributed by atoms with Crippen LogP contribution in [0.1, 0.15) is 22.3 Å². The second-order valence-corrected chi connectivity index (χ2v) is 17.0. The Morgan fingerprint density at radius 3 is 1.54 bits per heavy atom. The first-order chi connectivity index (χ1) is 31.2. The van der Waals surface area contributed by atoms with Gasteiger partial charge in [0.05, 0.1) is 21.3 Å². The Balaban J connectivity index is 1.13. The molecule has 1 aliphatic carbocycles. The van der Waals surface area contributed by atoms with Crippen LogP contribution in [0.2, 0.25) is 0 Å². The molecule has 7 heteroatoms. The van der Waals surface area contributed by atoms with E-state index in [1.54, 1.807) is 11.3 Å². The SMILES string of the molecule is c1ccc(-c2nc(-c3ccccc3)nc(-c3ccc4c(c3)C3(c5ccccc5Oc5ccccc53)c3c-4cccc3-c3nc(-c4ccccc4)nc4c3sc3ccccc34)n2)cc1. The van der Waals surface area contributed by atoms with Crippen LogP contribution >= 0.6 is 11.3 Å². The van der Waals surface area contributed by atoms with Gasteiger partial charge in [0.15, 0.2) is 23.3 Å². The van der Waals surface area contributed by atoms with Crippen LogP contribution in [-0.4, -0.2) is 24.9 Å². The first kappa shape index (κ1) is 35.6. The van der Waals surface area contributed by atoms with E-state index in [-0.39, 0.29) is 0 Å². The Kier molecular flexibility index (Phi) is 7.89. The number of ether oxygens (including phenoxy) is 1. The van der Waals surface area contributed by atoms with Crippen LogP contribution in [0.5, 0.6) is 11.5 Å². The molecule has 0 atom stereocenters. The molecule has 0 unspecified atom stereocenters. The van der Waals surface area contributed by atoms with E-state index < -0.39 is 5.41 Å². The molecule has 4 heterocycles. The maximum Gasteiger partial charge on any atom is 0.164 e. The zero-order valence-electron chi connectivity index (χ0n) is 33.6. The predicted molar refractivity (Wildman–Crippen MR) is 253 cm³/mol. The number of aromatic nitrogens is 5. The van der Waals surface area contributed by atoms with Crippen molar-refractivity contribution in [2.24, 2.45) is 0 Å². The molecule has 0 amide bonds. The van der Waals surface area contributed by atoms with Crippen LogP contribution in [-0.2, 0) is 5.41 Å². The van der Waals surface area contributed by atoms with Crippen molar-refractivity contribution in [3.05, 3.63) is 222 Å². The summed E-state index contributed by atoms with van der Waals surface area (Å²) < 4.78 is 9.04. The summed E-state index contributed by atoms with van der Waals surface area (Å²) in [4.78, 5) is 26.2. The third kappa shape index (κ3) is 5.40. The smallest absolute Gasteiger partial charge is 0.164 e. The summed E-state index contributed by atoms with van der Waals surface area (Å²) in [6.45, 7) is 0. The lowest BCUT2D eigenvalue weighted by atomic mass is 9.64. The Morgan fingerprint density at radius 1 is 0.381 bits per heavy atom. The zero-order chi connectivity index (χ0) is 41.5. The van der Waals surface area contributed by atoms with E-state index in [9.17, 15) is 0 Å². The minimum Gasteiger partial charge on any atom is -0.457 e. The fraction of sp³-hybridized carbons (Fsp3) is 0.0179. The second-order valence-electron chi connectivity index (χ2n) is 15.9. The van der Waals surface area contributed by atoms with E-state index in [0.717, 1.165) is 94.0 Å². The standard InChI is InChI=1S/C56H33N5OS/c1-4-17-34(18-5-1)52-57-49-40-23-10-15-30-47(40)63-51(49)50(58-52)41-25-16-24-39-38-32-31-37(55-60-53(35-19-6-2-7-20-35)59-54(61-55)36-21-8-3-9-22-36)33-44(38)56(48(39)41)42-26-11-13-28-45(42)62-46-29-14-12-27-43(46)56/h1-33H. The molecule has 0 saturated carbocycles. The largest absolute Gasteiger partial charge is 0.457 e. The van der Waals surface area contributed by atoms with Crippen LogP contribution in [0.3, 0.4) is 0 Å². The maximum absolute atomic E-state index is 6.81. The van der Waals surface area contributed by atoms with Gasteiger partial charge in [0, 0.05) is 49.0 Å². The normalized spacial score (nSPS) is 13.0. The van der Waals surface area contributed by atoms with Crippen molar-refractivity contribution >= 4 is 31.6 Å². The fourth-order valence-electron chi connectivity index (χ4n) is 9.72. The quantitative estimate of drug-likeness (QED) is 0.172. The van der Waals surface area contributed by atoms with Gasteiger partial charge in [0.2, 0.25) is 0 Å². The number of rotatable bonds is 5. The van der Waals surface area contributed by atoms with Crippen molar-refractivity contribution in [1.29, 1.82) is 0 Å². The summed E-state index contributed by atoms with van der Waals surface area (Å²) in [6, 6.07) is 69.5. The fourth-order valence-corrected chi connectivity index (χ4v) is 10.9. The zero-order valence-corrected chi connectivity index (χ0v) is 34.4. The van der Waals surface area contributed by atoms with Gasteiger partial charge in [-0.25, -0.2) is 24.9 Å². The average molecular weight is 824 g/mol. The molecule has 3 aromatic heterocycles. The first-order valence-electron chi connectivity index (χ1n) is 21.0. The minimum absolute atomic E-state index is 0.598. The van der Waals surface area contributed by atoms with Crippen LogP contribution in [0, 0.1) is 0 Å². The van der Waals surface area contributed by atoms with Crippen molar-refractivity contribution in [3.63, 3.8) is 0 Å². The predicted octanol–water partition coefficient (Wildman–Crippen LogP) is 13.8. The number of benzene rings is 8. The highest BCUT2D eigenvalue weighted by molar-refractivity contribution is 7.26. The van der Waals surface area contributed by atoms with Gasteiger partial charge in [-0.1, -0.05) is 176 Å². The van der Waals surface area contributed by atoms with Crippen LogP contribution in [0.15, 0.2) is 200 Å². The van der Waals surface area contributed by atoms with Gasteiger partial charge in [-0.15, -0.1) is 11.3 Å². The van der Waals surface area contributed by atoms with Gasteiger partial charge in [-0.05, 0) is 46.5 Å². The number of thiophene rings is 1. The van der Waals surface area contributed by atoms with Crippen molar-refractivity contribution < 1.29 is 4.74 Å². The Morgan fingerprint density at radius 2 is 0.905 bits per heavy atom. The summed E-state index contributed by atoms with van der Waals surface area (Å²) in [5.74, 6) is 4.15. The van der Waals surface area contributed by atoms with Gasteiger partial charge in [-0.2, -0.15) is 0 Å². The highest BCUT2D eigenvalue weighted by Crippen LogP contribution is 2.64. The van der Waals surface area contributed by atoms with Gasteiger partial charge in [0.25, 0.3) is 0 Å². The lowest BCUT2D eigenvalue weighted by Gasteiger charge is -2.40. The van der Waals surface area contributed by atoms with Gasteiger partial charge < -0.3 is 4.74 Å². The molecule has 0 N–H and O–H groups in total. The Labute approximate surface area is 366 Å². The molecular weight excluding hydrogens is 791 g/mol. The number of hydrogen-bond acceptors (Lipinski definition) is 7. The lowest BCUT2D eigenvalue weighted by Crippen LogP contribution is -2.32. The minimum atomic E-state index is -0.818. The highest BCUT2D eigenvalue weighted by atomic mass is 32.1. The van der Waals surface area contributed by atoms with E-state index in [4.69, 9.17) is 29.7 Å². The number of para-hydroxylation sites is 2. The lowest BCUT2D eigenvalue weighted by molar-refractivity contribution is 0.436. The van der Waals surface area contributed by atoms with Crippen molar-refractivity contribution in [2.75, 3.05) is 0 Å². The van der Waals surface area contributed by atoms with E-state index >= 15 is 0 Å². The topological polar surface area (TPSA) is 73.7 Å². The van der Waals surface area contributed by atoms with Crippen LogP contribution in [0.25, 0.3) is 88.2 Å². The molecule has 0 fully saturated rings. The summed E-state index contributed by atoms with van der Waals surface area (Å²) >= 11 is 1.75. The van der Waals surface area contributed by atoms with Crippen molar-refractivity contribution in [3.8, 4) is 79.4 Å². The van der Waals surface area contributed by atoms with Crippen LogP contribution < -0.4 is 4.74 Å². The molecule has 63 heavy (non-hydrogen) atoms.